The van der Waals surface area contributed by atoms with Gasteiger partial charge in [0.05, 0.1) is 5.56 Å². The van der Waals surface area contributed by atoms with Crippen molar-refractivity contribution in [1.82, 2.24) is 0 Å². The van der Waals surface area contributed by atoms with Crippen molar-refractivity contribution in [3.8, 4) is 0 Å². The first-order valence-corrected chi connectivity index (χ1v) is 9.47. The largest absolute Gasteiger partial charge is 0.457 e. The summed E-state index contributed by atoms with van der Waals surface area (Å²) in [4.78, 5) is 25.7. The molecule has 0 aromatic heterocycles. The molecule has 4 aromatic carbocycles. The minimum Gasteiger partial charge on any atom is -0.457 e. The Morgan fingerprint density at radius 3 is 2.17 bits per heavy atom. The lowest BCUT2D eigenvalue weighted by molar-refractivity contribution is 0.0472. The zero-order valence-corrected chi connectivity index (χ0v) is 16.1. The van der Waals surface area contributed by atoms with E-state index < -0.39 is 5.97 Å². The van der Waals surface area contributed by atoms with Gasteiger partial charge in [0.15, 0.2) is 5.78 Å². The Labute approximate surface area is 169 Å². The molecule has 4 aromatic rings. The second kappa shape index (κ2) is 8.11. The van der Waals surface area contributed by atoms with Crippen LogP contribution in [0.4, 0.5) is 0 Å². The SMILES string of the molecule is Cc1ccc(C(=O)c2ccccc2C(=O)OCc2cccc3ccccc23)cc1. The van der Waals surface area contributed by atoms with Crippen LogP contribution in [0.25, 0.3) is 10.8 Å². The molecule has 0 spiro atoms. The molecule has 0 radical (unpaired) electrons. The van der Waals surface area contributed by atoms with Crippen LogP contribution in [0, 0.1) is 6.92 Å². The van der Waals surface area contributed by atoms with E-state index in [9.17, 15) is 9.59 Å². The molecule has 0 bridgehead atoms. The summed E-state index contributed by atoms with van der Waals surface area (Å²) < 4.78 is 5.58. The second-order valence-electron chi connectivity index (χ2n) is 6.96. The van der Waals surface area contributed by atoms with Crippen LogP contribution in [0.15, 0.2) is 91.0 Å². The standard InChI is InChI=1S/C26H20O3/c1-18-13-15-20(16-14-18)25(27)23-11-4-5-12-24(23)26(28)29-17-21-9-6-8-19-7-2-3-10-22(19)21/h2-16H,17H2,1H3. The molecule has 0 aliphatic rings. The smallest absolute Gasteiger partial charge is 0.339 e. The van der Waals surface area contributed by atoms with Crippen molar-refractivity contribution in [1.29, 1.82) is 0 Å². The lowest BCUT2D eigenvalue weighted by Crippen LogP contribution is -2.12. The summed E-state index contributed by atoms with van der Waals surface area (Å²) in [5.74, 6) is -0.697. The summed E-state index contributed by atoms with van der Waals surface area (Å²) in [6, 6.07) is 28.0. The van der Waals surface area contributed by atoms with Gasteiger partial charge < -0.3 is 4.74 Å². The summed E-state index contributed by atoms with van der Waals surface area (Å²) in [5.41, 5.74) is 3.17. The zero-order valence-electron chi connectivity index (χ0n) is 16.1. The van der Waals surface area contributed by atoms with E-state index in [-0.39, 0.29) is 18.0 Å². The summed E-state index contributed by atoms with van der Waals surface area (Å²) in [6.45, 7) is 2.11. The summed E-state index contributed by atoms with van der Waals surface area (Å²) in [5, 5.41) is 2.14. The number of hydrogen-bond donors (Lipinski definition) is 0. The van der Waals surface area contributed by atoms with E-state index in [1.54, 1.807) is 36.4 Å². The highest BCUT2D eigenvalue weighted by molar-refractivity contribution is 6.14. The maximum absolute atomic E-state index is 12.9. The first-order chi connectivity index (χ1) is 14.1. The number of esters is 1. The van der Waals surface area contributed by atoms with Crippen LogP contribution in [0.5, 0.6) is 0 Å². The molecule has 0 atom stereocenters. The van der Waals surface area contributed by atoms with Crippen molar-refractivity contribution in [2.24, 2.45) is 0 Å². The van der Waals surface area contributed by atoms with Gasteiger partial charge in [-0.1, -0.05) is 90.5 Å². The number of fused-ring (bicyclic) bond motifs is 1. The maximum atomic E-state index is 12.9. The van der Waals surface area contributed by atoms with E-state index in [0.29, 0.717) is 11.1 Å². The molecule has 0 unspecified atom stereocenters. The first kappa shape index (κ1) is 18.6. The number of carbonyl (C=O) groups excluding carboxylic acids is 2. The fourth-order valence-electron chi connectivity index (χ4n) is 3.36. The van der Waals surface area contributed by atoms with Crippen molar-refractivity contribution < 1.29 is 14.3 Å². The molecule has 0 saturated carbocycles. The van der Waals surface area contributed by atoms with E-state index in [2.05, 4.69) is 0 Å². The molecular weight excluding hydrogens is 360 g/mol. The Morgan fingerprint density at radius 2 is 1.38 bits per heavy atom. The Bertz CT molecular complexity index is 1180. The summed E-state index contributed by atoms with van der Waals surface area (Å²) in [7, 11) is 0. The summed E-state index contributed by atoms with van der Waals surface area (Å²) >= 11 is 0. The molecule has 4 rings (SSSR count). The van der Waals surface area contributed by atoms with Crippen LogP contribution in [0.3, 0.4) is 0 Å². The molecule has 3 heteroatoms. The van der Waals surface area contributed by atoms with Crippen LogP contribution in [-0.4, -0.2) is 11.8 Å². The van der Waals surface area contributed by atoms with Gasteiger partial charge in [-0.25, -0.2) is 4.79 Å². The maximum Gasteiger partial charge on any atom is 0.339 e. The average molecular weight is 380 g/mol. The van der Waals surface area contributed by atoms with Crippen LogP contribution in [0.2, 0.25) is 0 Å². The van der Waals surface area contributed by atoms with Gasteiger partial charge in [0.1, 0.15) is 6.61 Å². The zero-order chi connectivity index (χ0) is 20.2. The minimum atomic E-state index is -0.506. The van der Waals surface area contributed by atoms with Crippen molar-refractivity contribution in [2.45, 2.75) is 13.5 Å². The summed E-state index contributed by atoms with van der Waals surface area (Å²) in [6.07, 6.45) is 0. The van der Waals surface area contributed by atoms with Crippen LogP contribution in [0.1, 0.15) is 37.4 Å². The lowest BCUT2D eigenvalue weighted by atomic mass is 9.98. The van der Waals surface area contributed by atoms with E-state index in [1.165, 1.54) is 0 Å². The monoisotopic (exact) mass is 380 g/mol. The van der Waals surface area contributed by atoms with Gasteiger partial charge in [0.2, 0.25) is 0 Å². The molecule has 0 heterocycles. The average Bonchev–Trinajstić information content (AvgIpc) is 2.77. The Morgan fingerprint density at radius 1 is 0.724 bits per heavy atom. The van der Waals surface area contributed by atoms with Gasteiger partial charge in [-0.2, -0.15) is 0 Å². The number of aryl methyl sites for hydroxylation is 1. The quantitative estimate of drug-likeness (QED) is 0.328. The van der Waals surface area contributed by atoms with Gasteiger partial charge in [0.25, 0.3) is 0 Å². The first-order valence-electron chi connectivity index (χ1n) is 9.47. The Hall–Kier alpha value is -3.72. The number of carbonyl (C=O) groups is 2. The number of ether oxygens (including phenoxy) is 1. The van der Waals surface area contributed by atoms with Crippen LogP contribution in [-0.2, 0) is 11.3 Å². The molecule has 142 valence electrons. The molecular formula is C26H20O3. The molecule has 29 heavy (non-hydrogen) atoms. The van der Waals surface area contributed by atoms with E-state index in [4.69, 9.17) is 4.74 Å². The predicted octanol–water partition coefficient (Wildman–Crippen LogP) is 5.74. The third-order valence-corrected chi connectivity index (χ3v) is 4.94. The Balaban J connectivity index is 1.58. The number of ketones is 1. The lowest BCUT2D eigenvalue weighted by Gasteiger charge is -2.11. The molecule has 0 N–H and O–H groups in total. The number of rotatable bonds is 5. The normalized spacial score (nSPS) is 10.7. The fourth-order valence-corrected chi connectivity index (χ4v) is 3.36. The van der Waals surface area contributed by atoms with Crippen LogP contribution >= 0.6 is 0 Å². The van der Waals surface area contributed by atoms with Crippen molar-refractivity contribution in [3.63, 3.8) is 0 Å². The Kier molecular flexibility index (Phi) is 5.21. The van der Waals surface area contributed by atoms with Gasteiger partial charge in [-0.15, -0.1) is 0 Å². The molecule has 0 amide bonds. The second-order valence-corrected chi connectivity index (χ2v) is 6.96. The van der Waals surface area contributed by atoms with Crippen molar-refractivity contribution >= 4 is 22.5 Å². The minimum absolute atomic E-state index is 0.146. The van der Waals surface area contributed by atoms with Crippen molar-refractivity contribution in [2.75, 3.05) is 0 Å². The van der Waals surface area contributed by atoms with Gasteiger partial charge in [-0.3, -0.25) is 4.79 Å². The highest BCUT2D eigenvalue weighted by atomic mass is 16.5. The third kappa shape index (κ3) is 3.94. The van der Waals surface area contributed by atoms with Gasteiger partial charge in [-0.05, 0) is 29.3 Å². The van der Waals surface area contributed by atoms with Crippen LogP contribution < -0.4 is 0 Å². The molecule has 0 saturated heterocycles. The molecule has 0 aliphatic carbocycles. The van der Waals surface area contributed by atoms with E-state index in [1.807, 2.05) is 61.5 Å². The molecule has 0 fully saturated rings. The van der Waals surface area contributed by atoms with Gasteiger partial charge >= 0.3 is 5.97 Å². The highest BCUT2D eigenvalue weighted by Gasteiger charge is 2.19. The number of hydrogen-bond acceptors (Lipinski definition) is 3. The molecule has 0 aliphatic heterocycles. The molecule has 3 nitrogen and oxygen atoms in total. The highest BCUT2D eigenvalue weighted by Crippen LogP contribution is 2.21. The topological polar surface area (TPSA) is 43.4 Å². The van der Waals surface area contributed by atoms with E-state index >= 15 is 0 Å². The van der Waals surface area contributed by atoms with Crippen molar-refractivity contribution in [3.05, 3.63) is 119 Å². The number of benzene rings is 4. The van der Waals surface area contributed by atoms with Gasteiger partial charge in [0, 0.05) is 11.1 Å². The van der Waals surface area contributed by atoms with E-state index in [0.717, 1.165) is 21.9 Å². The fraction of sp³-hybridized carbons (Fsp3) is 0.0769. The third-order valence-electron chi connectivity index (χ3n) is 4.94. The predicted molar refractivity (Wildman–Crippen MR) is 114 cm³/mol.